The molecule has 2 amide bonds. The average Bonchev–Trinajstić information content (AvgIpc) is 2.63. The summed E-state index contributed by atoms with van der Waals surface area (Å²) in [6.45, 7) is 1.86. The lowest BCUT2D eigenvalue weighted by Gasteiger charge is -2.09. The molecule has 0 aliphatic heterocycles. The number of anilines is 2. The van der Waals surface area contributed by atoms with Gasteiger partial charge >= 0.3 is 5.97 Å². The molecule has 10 heteroatoms. The van der Waals surface area contributed by atoms with Gasteiger partial charge < -0.3 is 15.4 Å². The number of benzene rings is 2. The van der Waals surface area contributed by atoms with Crippen molar-refractivity contribution in [2.24, 2.45) is 0 Å². The van der Waals surface area contributed by atoms with Crippen LogP contribution in [-0.2, 0) is 24.2 Å². The Hall–Kier alpha value is -2.91. The summed E-state index contributed by atoms with van der Waals surface area (Å²) in [5.41, 5.74) is 0.839. The number of nitrogens with one attached hydrogen (secondary N) is 2. The lowest BCUT2D eigenvalue weighted by molar-refractivity contribution is -0.114. The van der Waals surface area contributed by atoms with E-state index in [9.17, 15) is 22.8 Å². The second-order valence-corrected chi connectivity index (χ2v) is 8.44. The van der Waals surface area contributed by atoms with E-state index in [-0.39, 0.29) is 17.9 Å². The molecule has 0 radical (unpaired) electrons. The third kappa shape index (κ3) is 7.55. The van der Waals surface area contributed by atoms with Gasteiger partial charge in [-0.15, -0.1) is 0 Å². The maximum absolute atomic E-state index is 12.1. The van der Waals surface area contributed by atoms with Crippen molar-refractivity contribution < 1.29 is 27.5 Å². The predicted octanol–water partition coefficient (Wildman–Crippen LogP) is 2.51. The zero-order valence-electron chi connectivity index (χ0n) is 15.5. The highest BCUT2D eigenvalue weighted by atomic mass is 35.5. The number of hydrogen-bond acceptors (Lipinski definition) is 6. The SMILES string of the molecule is CCOC(=O)c1cccc(NC(=O)CS(=O)(=O)CC(=O)Nc2ccc(Cl)cc2)c1. The molecule has 0 atom stereocenters. The molecule has 8 nitrogen and oxygen atoms in total. The van der Waals surface area contributed by atoms with Gasteiger partial charge in [0.25, 0.3) is 0 Å². The molecule has 0 saturated heterocycles. The van der Waals surface area contributed by atoms with Gasteiger partial charge in [-0.3, -0.25) is 9.59 Å². The standard InChI is InChI=1S/C19H19ClN2O6S/c1-2-28-19(25)13-4-3-5-16(10-13)22-18(24)12-29(26,27)11-17(23)21-15-8-6-14(20)7-9-15/h3-10H,2,11-12H2,1H3,(H,21,23)(H,22,24). The maximum atomic E-state index is 12.1. The van der Waals surface area contributed by atoms with Crippen LogP contribution >= 0.6 is 11.6 Å². The molecule has 0 spiro atoms. The van der Waals surface area contributed by atoms with E-state index < -0.39 is 39.1 Å². The molecule has 29 heavy (non-hydrogen) atoms. The molecular formula is C19H19ClN2O6S. The molecule has 2 aromatic rings. The summed E-state index contributed by atoms with van der Waals surface area (Å²) < 4.78 is 29.1. The number of ether oxygens (including phenoxy) is 1. The van der Waals surface area contributed by atoms with Crippen LogP contribution in [0.15, 0.2) is 48.5 Å². The zero-order valence-corrected chi connectivity index (χ0v) is 17.0. The second-order valence-electron chi connectivity index (χ2n) is 5.94. The van der Waals surface area contributed by atoms with Gasteiger partial charge in [0.2, 0.25) is 11.8 Å². The van der Waals surface area contributed by atoms with Crippen LogP contribution in [0.25, 0.3) is 0 Å². The van der Waals surface area contributed by atoms with Crippen LogP contribution in [0, 0.1) is 0 Å². The van der Waals surface area contributed by atoms with Crippen LogP contribution in [0.2, 0.25) is 5.02 Å². The van der Waals surface area contributed by atoms with Crippen molar-refractivity contribution in [3.05, 3.63) is 59.1 Å². The summed E-state index contributed by atoms with van der Waals surface area (Å²) in [4.78, 5) is 35.7. The Morgan fingerprint density at radius 2 is 1.52 bits per heavy atom. The summed E-state index contributed by atoms with van der Waals surface area (Å²) in [7, 11) is -4.01. The topological polar surface area (TPSA) is 119 Å². The molecule has 0 bridgehead atoms. The third-order valence-electron chi connectivity index (χ3n) is 3.49. The molecule has 0 aliphatic rings. The minimum atomic E-state index is -4.01. The maximum Gasteiger partial charge on any atom is 0.338 e. The molecule has 2 aromatic carbocycles. The summed E-state index contributed by atoms with van der Waals surface area (Å²) >= 11 is 5.74. The molecule has 0 heterocycles. The van der Waals surface area contributed by atoms with Crippen molar-refractivity contribution in [1.82, 2.24) is 0 Å². The minimum Gasteiger partial charge on any atom is -0.462 e. The van der Waals surface area contributed by atoms with E-state index in [2.05, 4.69) is 10.6 Å². The highest BCUT2D eigenvalue weighted by Crippen LogP contribution is 2.14. The normalized spacial score (nSPS) is 10.8. The van der Waals surface area contributed by atoms with Gasteiger partial charge in [-0.2, -0.15) is 0 Å². The summed E-state index contributed by atoms with van der Waals surface area (Å²) in [5, 5.41) is 5.28. The van der Waals surface area contributed by atoms with Gasteiger partial charge in [0, 0.05) is 16.4 Å². The van der Waals surface area contributed by atoms with Gasteiger partial charge in [0.15, 0.2) is 9.84 Å². The van der Waals surface area contributed by atoms with Crippen LogP contribution in [-0.4, -0.2) is 44.3 Å². The Kier molecular flexibility index (Phi) is 7.74. The molecule has 0 aliphatic carbocycles. The Morgan fingerprint density at radius 1 is 0.931 bits per heavy atom. The molecule has 0 fully saturated rings. The molecule has 0 aromatic heterocycles. The predicted molar refractivity (Wildman–Crippen MR) is 110 cm³/mol. The second kappa shape index (κ2) is 10.0. The largest absolute Gasteiger partial charge is 0.462 e. The van der Waals surface area contributed by atoms with Crippen LogP contribution in [0.4, 0.5) is 11.4 Å². The fraction of sp³-hybridized carbons (Fsp3) is 0.211. The Morgan fingerprint density at radius 3 is 2.10 bits per heavy atom. The van der Waals surface area contributed by atoms with Crippen LogP contribution in [0.1, 0.15) is 17.3 Å². The molecule has 0 unspecified atom stereocenters. The number of esters is 1. The number of sulfone groups is 1. The third-order valence-corrected chi connectivity index (χ3v) is 5.14. The number of hydrogen-bond donors (Lipinski definition) is 2. The first kappa shape index (κ1) is 22.4. The summed E-state index contributed by atoms with van der Waals surface area (Å²) in [6.07, 6.45) is 0. The molecule has 154 valence electrons. The van der Waals surface area contributed by atoms with Crippen molar-refractivity contribution in [2.75, 3.05) is 28.7 Å². The van der Waals surface area contributed by atoms with Gasteiger partial charge in [0.05, 0.1) is 12.2 Å². The van der Waals surface area contributed by atoms with Crippen molar-refractivity contribution in [2.45, 2.75) is 6.92 Å². The number of halogens is 1. The van der Waals surface area contributed by atoms with Gasteiger partial charge in [0.1, 0.15) is 11.5 Å². The zero-order chi connectivity index (χ0) is 21.4. The molecule has 0 saturated carbocycles. The highest BCUT2D eigenvalue weighted by molar-refractivity contribution is 7.92. The van der Waals surface area contributed by atoms with Gasteiger partial charge in [-0.25, -0.2) is 13.2 Å². The quantitative estimate of drug-likeness (QED) is 0.611. The van der Waals surface area contributed by atoms with E-state index in [0.717, 1.165) is 0 Å². The number of carbonyl (C=O) groups excluding carboxylic acids is 3. The Labute approximate surface area is 173 Å². The van der Waals surface area contributed by atoms with Crippen LogP contribution in [0.3, 0.4) is 0 Å². The van der Waals surface area contributed by atoms with Crippen molar-refractivity contribution in [3.8, 4) is 0 Å². The first-order chi connectivity index (χ1) is 13.7. The lowest BCUT2D eigenvalue weighted by Crippen LogP contribution is -2.30. The number of rotatable bonds is 8. The summed E-state index contributed by atoms with van der Waals surface area (Å²) in [5.74, 6) is -3.90. The van der Waals surface area contributed by atoms with E-state index in [4.69, 9.17) is 16.3 Å². The van der Waals surface area contributed by atoms with E-state index in [0.29, 0.717) is 10.7 Å². The van der Waals surface area contributed by atoms with Gasteiger partial charge in [-0.1, -0.05) is 17.7 Å². The Balaban J connectivity index is 1.93. The molecular weight excluding hydrogens is 420 g/mol. The van der Waals surface area contributed by atoms with Crippen molar-refractivity contribution in [1.29, 1.82) is 0 Å². The number of carbonyl (C=O) groups is 3. The lowest BCUT2D eigenvalue weighted by atomic mass is 10.2. The van der Waals surface area contributed by atoms with E-state index >= 15 is 0 Å². The molecule has 2 rings (SSSR count). The van der Waals surface area contributed by atoms with Crippen molar-refractivity contribution in [3.63, 3.8) is 0 Å². The smallest absolute Gasteiger partial charge is 0.338 e. The first-order valence-corrected chi connectivity index (χ1v) is 10.7. The van der Waals surface area contributed by atoms with Gasteiger partial charge in [-0.05, 0) is 49.4 Å². The fourth-order valence-corrected chi connectivity index (χ4v) is 3.49. The van der Waals surface area contributed by atoms with E-state index in [1.54, 1.807) is 19.1 Å². The van der Waals surface area contributed by atoms with E-state index in [1.165, 1.54) is 36.4 Å². The molecule has 2 N–H and O–H groups in total. The average molecular weight is 439 g/mol. The highest BCUT2D eigenvalue weighted by Gasteiger charge is 2.21. The van der Waals surface area contributed by atoms with Crippen LogP contribution < -0.4 is 10.6 Å². The summed E-state index contributed by atoms with van der Waals surface area (Å²) in [6, 6.07) is 12.0. The van der Waals surface area contributed by atoms with E-state index in [1.807, 2.05) is 0 Å². The Bertz CT molecular complexity index is 1010. The van der Waals surface area contributed by atoms with Crippen LogP contribution in [0.5, 0.6) is 0 Å². The first-order valence-electron chi connectivity index (χ1n) is 8.51. The fourth-order valence-electron chi connectivity index (χ4n) is 2.32. The monoisotopic (exact) mass is 438 g/mol. The van der Waals surface area contributed by atoms with Crippen molar-refractivity contribution >= 4 is 50.6 Å². The number of amides is 2. The minimum absolute atomic E-state index is 0.200.